The van der Waals surface area contributed by atoms with Crippen LogP contribution in [0.2, 0.25) is 0 Å². The molecule has 9 heteroatoms. The molecule has 1 aliphatic carbocycles. The number of ether oxygens (including phenoxy) is 1. The molecule has 2 aliphatic rings. The van der Waals surface area contributed by atoms with Gasteiger partial charge < -0.3 is 19.9 Å². The first-order valence-corrected chi connectivity index (χ1v) is 11.3. The van der Waals surface area contributed by atoms with Crippen LogP contribution in [0.3, 0.4) is 0 Å². The quantitative estimate of drug-likeness (QED) is 0.609. The summed E-state index contributed by atoms with van der Waals surface area (Å²) in [6.07, 6.45) is 6.51. The maximum atomic E-state index is 12.7. The maximum Gasteiger partial charge on any atom is 0.262 e. The third-order valence-electron chi connectivity index (χ3n) is 6.33. The number of benzene rings is 1. The molecule has 0 spiro atoms. The lowest BCUT2D eigenvalue weighted by Gasteiger charge is -2.27. The van der Waals surface area contributed by atoms with Crippen LogP contribution in [0.15, 0.2) is 35.3 Å². The molecule has 3 aromatic rings. The topological polar surface area (TPSA) is 105 Å². The number of aromatic nitrogens is 4. The van der Waals surface area contributed by atoms with E-state index in [1.807, 2.05) is 33.8 Å². The van der Waals surface area contributed by atoms with Gasteiger partial charge in [-0.25, -0.2) is 9.67 Å². The van der Waals surface area contributed by atoms with Gasteiger partial charge in [-0.15, -0.1) is 0 Å². The number of rotatable bonds is 6. The fourth-order valence-electron chi connectivity index (χ4n) is 4.60. The van der Waals surface area contributed by atoms with E-state index in [2.05, 4.69) is 15.4 Å². The molecule has 0 atom stereocenters. The second-order valence-electron chi connectivity index (χ2n) is 8.48. The van der Waals surface area contributed by atoms with Crippen LogP contribution in [-0.4, -0.2) is 63.3 Å². The Balaban J connectivity index is 1.35. The Kier molecular flexibility index (Phi) is 5.89. The van der Waals surface area contributed by atoms with Gasteiger partial charge in [-0.1, -0.05) is 31.0 Å². The van der Waals surface area contributed by atoms with Crippen LogP contribution in [0, 0.1) is 0 Å². The molecule has 1 saturated heterocycles. The van der Waals surface area contributed by atoms with Crippen LogP contribution in [0.5, 0.6) is 5.75 Å². The Morgan fingerprint density at radius 3 is 2.75 bits per heavy atom. The number of aromatic amines is 1. The summed E-state index contributed by atoms with van der Waals surface area (Å²) in [5.74, 6) is 1.17. The Bertz CT molecular complexity index is 1160. The number of carbonyl (C=O) groups is 1. The number of fused-ring (bicyclic) bond motifs is 1. The molecular weight excluding hydrogens is 408 g/mol. The second kappa shape index (κ2) is 9.12. The molecular formula is C23H28N6O3. The Hall–Kier alpha value is -3.20. The number of nitrogens with one attached hydrogen (secondary N) is 2. The fraction of sp³-hybridized carbons (Fsp3) is 0.478. The first kappa shape index (κ1) is 20.7. The Morgan fingerprint density at radius 2 is 1.94 bits per heavy atom. The van der Waals surface area contributed by atoms with Gasteiger partial charge in [0.05, 0.1) is 12.2 Å². The van der Waals surface area contributed by atoms with Gasteiger partial charge >= 0.3 is 0 Å². The summed E-state index contributed by atoms with van der Waals surface area (Å²) in [6.45, 7) is 3.00. The van der Waals surface area contributed by atoms with Gasteiger partial charge in [-0.3, -0.25) is 9.59 Å². The number of H-pyrrole nitrogens is 1. The van der Waals surface area contributed by atoms with E-state index in [1.165, 1.54) is 12.8 Å². The monoisotopic (exact) mass is 436 g/mol. The van der Waals surface area contributed by atoms with Crippen molar-refractivity contribution in [2.75, 3.05) is 32.8 Å². The predicted molar refractivity (Wildman–Crippen MR) is 120 cm³/mol. The van der Waals surface area contributed by atoms with Crippen LogP contribution in [0.4, 0.5) is 0 Å². The zero-order chi connectivity index (χ0) is 21.9. The van der Waals surface area contributed by atoms with E-state index in [9.17, 15) is 9.59 Å². The molecule has 2 aromatic heterocycles. The summed E-state index contributed by atoms with van der Waals surface area (Å²) in [6, 6.07) is 7.88. The lowest BCUT2D eigenvalue weighted by atomic mass is 10.1. The van der Waals surface area contributed by atoms with Crippen molar-refractivity contribution in [2.24, 2.45) is 0 Å². The van der Waals surface area contributed by atoms with Crippen molar-refractivity contribution in [3.05, 3.63) is 52.2 Å². The molecule has 0 radical (unpaired) electrons. The van der Waals surface area contributed by atoms with Crippen molar-refractivity contribution >= 4 is 16.9 Å². The van der Waals surface area contributed by atoms with E-state index in [-0.39, 0.29) is 18.1 Å². The van der Waals surface area contributed by atoms with Crippen LogP contribution in [0.1, 0.15) is 43.1 Å². The number of para-hydroxylation sites is 1. The summed E-state index contributed by atoms with van der Waals surface area (Å²) in [4.78, 5) is 34.6. The largest absolute Gasteiger partial charge is 0.483 e. The molecule has 1 aromatic carbocycles. The van der Waals surface area contributed by atoms with Gasteiger partial charge in [0, 0.05) is 38.2 Å². The van der Waals surface area contributed by atoms with E-state index in [0.717, 1.165) is 31.5 Å². The van der Waals surface area contributed by atoms with Crippen LogP contribution in [0.25, 0.3) is 11.0 Å². The average molecular weight is 437 g/mol. The van der Waals surface area contributed by atoms with Crippen LogP contribution >= 0.6 is 0 Å². The zero-order valence-corrected chi connectivity index (χ0v) is 18.0. The van der Waals surface area contributed by atoms with Crippen molar-refractivity contribution in [1.82, 2.24) is 30.0 Å². The van der Waals surface area contributed by atoms with Crippen LogP contribution in [-0.2, 0) is 11.2 Å². The molecule has 2 fully saturated rings. The number of hydrogen-bond acceptors (Lipinski definition) is 6. The van der Waals surface area contributed by atoms with Gasteiger partial charge in [0.25, 0.3) is 11.5 Å². The van der Waals surface area contributed by atoms with Crippen molar-refractivity contribution in [1.29, 1.82) is 0 Å². The standard InChI is InChI=1S/C23H28N6O3/c30-21(28-11-9-24-10-12-28)15-32-19-8-4-1-5-16(19)13-20-26-22-18(23(31)27-20)14-25-29(22)17-6-2-3-7-17/h1,4-5,8,14,17,24H,2-3,6-7,9-13,15H2,(H,26,27,31). The lowest BCUT2D eigenvalue weighted by Crippen LogP contribution is -2.47. The van der Waals surface area contributed by atoms with Crippen molar-refractivity contribution in [2.45, 2.75) is 38.1 Å². The molecule has 2 N–H and O–H groups in total. The fourth-order valence-corrected chi connectivity index (χ4v) is 4.60. The minimum Gasteiger partial charge on any atom is -0.483 e. The average Bonchev–Trinajstić information content (AvgIpc) is 3.49. The number of nitrogens with zero attached hydrogens (tertiary/aromatic N) is 4. The summed E-state index contributed by atoms with van der Waals surface area (Å²) < 4.78 is 7.80. The molecule has 0 bridgehead atoms. The summed E-state index contributed by atoms with van der Waals surface area (Å²) in [5.41, 5.74) is 1.33. The number of amides is 1. The normalized spacial score (nSPS) is 17.2. The van der Waals surface area contributed by atoms with Gasteiger partial charge in [0.2, 0.25) is 0 Å². The van der Waals surface area contributed by atoms with Crippen molar-refractivity contribution < 1.29 is 9.53 Å². The number of piperazine rings is 1. The predicted octanol–water partition coefficient (Wildman–Crippen LogP) is 1.64. The van der Waals surface area contributed by atoms with E-state index in [1.54, 1.807) is 6.20 Å². The highest BCUT2D eigenvalue weighted by molar-refractivity contribution is 5.78. The summed E-state index contributed by atoms with van der Waals surface area (Å²) in [7, 11) is 0. The summed E-state index contributed by atoms with van der Waals surface area (Å²) in [5, 5.41) is 8.22. The smallest absolute Gasteiger partial charge is 0.262 e. The summed E-state index contributed by atoms with van der Waals surface area (Å²) >= 11 is 0. The van der Waals surface area contributed by atoms with E-state index in [4.69, 9.17) is 9.72 Å². The SMILES string of the molecule is O=C(COc1ccccc1Cc1nc2c(cnn2C2CCCC2)c(=O)[nH]1)N1CCNCC1. The molecule has 32 heavy (non-hydrogen) atoms. The van der Waals surface area contributed by atoms with Crippen LogP contribution < -0.4 is 15.6 Å². The molecule has 168 valence electrons. The maximum absolute atomic E-state index is 12.7. The minimum atomic E-state index is -0.179. The van der Waals surface area contributed by atoms with E-state index in [0.29, 0.717) is 48.2 Å². The number of carbonyl (C=O) groups excluding carboxylic acids is 1. The zero-order valence-electron chi connectivity index (χ0n) is 18.0. The molecule has 1 saturated carbocycles. The Labute approximate surface area is 185 Å². The third kappa shape index (κ3) is 4.25. The molecule has 9 nitrogen and oxygen atoms in total. The van der Waals surface area contributed by atoms with E-state index < -0.39 is 0 Å². The van der Waals surface area contributed by atoms with Crippen molar-refractivity contribution in [3.8, 4) is 5.75 Å². The highest BCUT2D eigenvalue weighted by Gasteiger charge is 2.22. The Morgan fingerprint density at radius 1 is 1.16 bits per heavy atom. The molecule has 1 aliphatic heterocycles. The highest BCUT2D eigenvalue weighted by atomic mass is 16.5. The molecule has 0 unspecified atom stereocenters. The van der Waals surface area contributed by atoms with Gasteiger partial charge in [-0.05, 0) is 18.9 Å². The second-order valence-corrected chi connectivity index (χ2v) is 8.48. The first-order chi connectivity index (χ1) is 15.7. The third-order valence-corrected chi connectivity index (χ3v) is 6.33. The molecule has 5 rings (SSSR count). The molecule has 1 amide bonds. The first-order valence-electron chi connectivity index (χ1n) is 11.3. The highest BCUT2D eigenvalue weighted by Crippen LogP contribution is 2.30. The van der Waals surface area contributed by atoms with E-state index >= 15 is 0 Å². The molecule has 3 heterocycles. The van der Waals surface area contributed by atoms with Gasteiger partial charge in [-0.2, -0.15) is 5.10 Å². The number of hydrogen-bond donors (Lipinski definition) is 2. The van der Waals surface area contributed by atoms with Crippen molar-refractivity contribution in [3.63, 3.8) is 0 Å². The van der Waals surface area contributed by atoms with Gasteiger partial charge in [0.1, 0.15) is 17.0 Å². The van der Waals surface area contributed by atoms with Gasteiger partial charge in [0.15, 0.2) is 12.3 Å². The lowest BCUT2D eigenvalue weighted by molar-refractivity contribution is -0.133. The minimum absolute atomic E-state index is 0.00551.